The molecule has 4 rings (SSSR count). The fourth-order valence-corrected chi connectivity index (χ4v) is 5.00. The quantitative estimate of drug-likeness (QED) is 0.173. The molecule has 0 bridgehead atoms. The third kappa shape index (κ3) is 8.47. The standard InChI is InChI=1S/C36H39N3O5/c1-35(2,3)44-34(43)38-31(33(42)37-24-23-26-19-21-30(40)22-20-26)25-32(41)39-36(27-13-7-4-8-14-27,28-15-9-5-10-16-28)29-17-11-6-12-18-29/h4-22,31,40H,23-25H2,1-3H3,(H,37,42)(H,38,43)(H,39,41). The van der Waals surface area contributed by atoms with Crippen molar-refractivity contribution in [3.63, 3.8) is 0 Å². The molecule has 0 radical (unpaired) electrons. The van der Waals surface area contributed by atoms with Gasteiger partial charge in [-0.05, 0) is 61.6 Å². The van der Waals surface area contributed by atoms with Crippen LogP contribution in [0.5, 0.6) is 5.75 Å². The van der Waals surface area contributed by atoms with Crippen LogP contribution in [0.25, 0.3) is 0 Å². The van der Waals surface area contributed by atoms with Gasteiger partial charge in [0.25, 0.3) is 0 Å². The molecule has 0 fully saturated rings. The van der Waals surface area contributed by atoms with Gasteiger partial charge in [-0.1, -0.05) is 103 Å². The summed E-state index contributed by atoms with van der Waals surface area (Å²) in [6.07, 6.45) is -0.640. The van der Waals surface area contributed by atoms with Crippen LogP contribution in [0.3, 0.4) is 0 Å². The minimum absolute atomic E-state index is 0.156. The van der Waals surface area contributed by atoms with E-state index in [1.54, 1.807) is 45.0 Å². The Morgan fingerprint density at radius 1 is 0.727 bits per heavy atom. The molecular weight excluding hydrogens is 554 g/mol. The van der Waals surface area contributed by atoms with Crippen LogP contribution in [0.15, 0.2) is 115 Å². The second-order valence-corrected chi connectivity index (χ2v) is 11.5. The van der Waals surface area contributed by atoms with E-state index in [4.69, 9.17) is 4.74 Å². The summed E-state index contributed by atoms with van der Waals surface area (Å²) in [6, 6.07) is 34.4. The van der Waals surface area contributed by atoms with Crippen molar-refractivity contribution in [2.24, 2.45) is 0 Å². The molecule has 1 atom stereocenters. The minimum atomic E-state index is -1.20. The zero-order valence-electron chi connectivity index (χ0n) is 25.2. The maximum Gasteiger partial charge on any atom is 0.408 e. The van der Waals surface area contributed by atoms with E-state index in [1.165, 1.54) is 0 Å². The number of rotatable bonds is 11. The minimum Gasteiger partial charge on any atom is -0.508 e. The fourth-order valence-electron chi connectivity index (χ4n) is 5.00. The lowest BCUT2D eigenvalue weighted by Crippen LogP contribution is -2.53. The normalized spacial score (nSPS) is 12.1. The third-order valence-electron chi connectivity index (χ3n) is 6.99. The number of amides is 3. The maximum absolute atomic E-state index is 14.0. The molecule has 4 aromatic rings. The van der Waals surface area contributed by atoms with E-state index in [0.29, 0.717) is 6.42 Å². The van der Waals surface area contributed by atoms with Crippen molar-refractivity contribution in [3.05, 3.63) is 138 Å². The van der Waals surface area contributed by atoms with Gasteiger partial charge in [0.05, 0.1) is 6.42 Å². The average Bonchev–Trinajstić information content (AvgIpc) is 3.01. The summed E-state index contributed by atoms with van der Waals surface area (Å²) >= 11 is 0. The Morgan fingerprint density at radius 3 is 1.66 bits per heavy atom. The van der Waals surface area contributed by atoms with Gasteiger partial charge >= 0.3 is 6.09 Å². The van der Waals surface area contributed by atoms with E-state index in [0.717, 1.165) is 22.3 Å². The smallest absolute Gasteiger partial charge is 0.408 e. The average molecular weight is 594 g/mol. The SMILES string of the molecule is CC(C)(C)OC(=O)NC(CC(=O)NC(c1ccccc1)(c1ccccc1)c1ccccc1)C(=O)NCCc1ccc(O)cc1. The lowest BCUT2D eigenvalue weighted by molar-refractivity contribution is -0.129. The van der Waals surface area contributed by atoms with Crippen LogP contribution in [0.4, 0.5) is 4.79 Å². The molecular formula is C36H39N3O5. The predicted molar refractivity (Wildman–Crippen MR) is 170 cm³/mol. The molecule has 4 aromatic carbocycles. The van der Waals surface area contributed by atoms with E-state index in [9.17, 15) is 19.5 Å². The van der Waals surface area contributed by atoms with Gasteiger partial charge < -0.3 is 25.8 Å². The monoisotopic (exact) mass is 593 g/mol. The van der Waals surface area contributed by atoms with Gasteiger partial charge in [0.15, 0.2) is 0 Å². The summed E-state index contributed by atoms with van der Waals surface area (Å²) in [5.41, 5.74) is 1.54. The number of carbonyl (C=O) groups is 3. The van der Waals surface area contributed by atoms with E-state index in [2.05, 4.69) is 16.0 Å². The van der Waals surface area contributed by atoms with Crippen LogP contribution in [-0.4, -0.2) is 41.2 Å². The molecule has 0 aromatic heterocycles. The Morgan fingerprint density at radius 2 is 1.20 bits per heavy atom. The number of hydrogen-bond acceptors (Lipinski definition) is 5. The van der Waals surface area contributed by atoms with Crippen molar-refractivity contribution in [3.8, 4) is 5.75 Å². The first kappa shape index (κ1) is 31.8. The van der Waals surface area contributed by atoms with Gasteiger partial charge in [0.2, 0.25) is 11.8 Å². The molecule has 4 N–H and O–H groups in total. The summed E-state index contributed by atoms with van der Waals surface area (Å²) in [5, 5.41) is 18.2. The Balaban J connectivity index is 1.62. The Hall–Kier alpha value is -5.11. The number of ether oxygens (including phenoxy) is 1. The Bertz CT molecular complexity index is 1420. The van der Waals surface area contributed by atoms with Gasteiger partial charge in [-0.3, -0.25) is 9.59 Å². The number of nitrogens with one attached hydrogen (secondary N) is 3. The lowest BCUT2D eigenvalue weighted by Gasteiger charge is -2.37. The highest BCUT2D eigenvalue weighted by Gasteiger charge is 2.39. The number of benzene rings is 4. The van der Waals surface area contributed by atoms with Crippen molar-refractivity contribution in [2.45, 2.75) is 50.8 Å². The topological polar surface area (TPSA) is 117 Å². The first-order valence-corrected chi connectivity index (χ1v) is 14.6. The van der Waals surface area contributed by atoms with Gasteiger partial charge in [-0.25, -0.2) is 4.79 Å². The maximum atomic E-state index is 14.0. The number of carbonyl (C=O) groups excluding carboxylic acids is 3. The highest BCUT2D eigenvalue weighted by Crippen LogP contribution is 2.37. The Labute approximate surface area is 258 Å². The van der Waals surface area contributed by atoms with E-state index >= 15 is 0 Å². The van der Waals surface area contributed by atoms with Crippen molar-refractivity contribution in [2.75, 3.05) is 6.54 Å². The molecule has 0 spiro atoms. The van der Waals surface area contributed by atoms with Crippen LogP contribution >= 0.6 is 0 Å². The van der Waals surface area contributed by atoms with Crippen LogP contribution in [0, 0.1) is 0 Å². The molecule has 0 heterocycles. The molecule has 44 heavy (non-hydrogen) atoms. The molecule has 8 heteroatoms. The second-order valence-electron chi connectivity index (χ2n) is 11.5. The van der Waals surface area contributed by atoms with Crippen LogP contribution < -0.4 is 16.0 Å². The predicted octanol–water partition coefficient (Wildman–Crippen LogP) is 5.44. The van der Waals surface area contributed by atoms with Crippen molar-refractivity contribution in [1.82, 2.24) is 16.0 Å². The van der Waals surface area contributed by atoms with Crippen molar-refractivity contribution >= 4 is 17.9 Å². The first-order chi connectivity index (χ1) is 21.1. The van der Waals surface area contributed by atoms with Crippen LogP contribution in [0.1, 0.15) is 49.4 Å². The van der Waals surface area contributed by atoms with Gasteiger partial charge in [-0.2, -0.15) is 0 Å². The largest absolute Gasteiger partial charge is 0.508 e. The summed E-state index contributed by atoms with van der Waals surface area (Å²) in [7, 11) is 0. The van der Waals surface area contributed by atoms with Crippen molar-refractivity contribution in [1.29, 1.82) is 0 Å². The van der Waals surface area contributed by atoms with E-state index in [1.807, 2.05) is 91.0 Å². The molecule has 0 saturated heterocycles. The highest BCUT2D eigenvalue weighted by atomic mass is 16.6. The number of hydrogen-bond donors (Lipinski definition) is 4. The van der Waals surface area contributed by atoms with Crippen LogP contribution in [-0.2, 0) is 26.3 Å². The van der Waals surface area contributed by atoms with Gasteiger partial charge in [0.1, 0.15) is 22.9 Å². The van der Waals surface area contributed by atoms with Gasteiger partial charge in [0, 0.05) is 6.54 Å². The fraction of sp³-hybridized carbons (Fsp3) is 0.250. The lowest BCUT2D eigenvalue weighted by atomic mass is 9.77. The number of phenols is 1. The number of aromatic hydroxyl groups is 1. The molecule has 1 unspecified atom stereocenters. The number of phenolic OH excluding ortho intramolecular Hbond substituents is 1. The highest BCUT2D eigenvalue weighted by molar-refractivity contribution is 5.91. The number of alkyl carbamates (subject to hydrolysis) is 1. The Kier molecular flexibility index (Phi) is 10.4. The van der Waals surface area contributed by atoms with E-state index < -0.39 is 35.1 Å². The zero-order chi connectivity index (χ0) is 31.6. The summed E-state index contributed by atoms with van der Waals surface area (Å²) < 4.78 is 5.41. The van der Waals surface area contributed by atoms with Crippen molar-refractivity contribution < 1.29 is 24.2 Å². The third-order valence-corrected chi connectivity index (χ3v) is 6.99. The summed E-state index contributed by atoms with van der Waals surface area (Å²) in [6.45, 7) is 5.43. The molecule has 228 valence electrons. The summed E-state index contributed by atoms with van der Waals surface area (Å²) in [5.74, 6) is -0.811. The molecule has 0 aliphatic carbocycles. The van der Waals surface area contributed by atoms with Gasteiger partial charge in [-0.15, -0.1) is 0 Å². The zero-order valence-corrected chi connectivity index (χ0v) is 25.2. The molecule has 0 saturated carbocycles. The molecule has 3 amide bonds. The molecule has 0 aliphatic heterocycles. The molecule has 8 nitrogen and oxygen atoms in total. The first-order valence-electron chi connectivity index (χ1n) is 14.6. The van der Waals surface area contributed by atoms with E-state index in [-0.39, 0.29) is 18.7 Å². The summed E-state index contributed by atoms with van der Waals surface area (Å²) in [4.78, 5) is 40.1. The second kappa shape index (κ2) is 14.4. The molecule has 0 aliphatic rings. The van der Waals surface area contributed by atoms with Crippen LogP contribution in [0.2, 0.25) is 0 Å².